The van der Waals surface area contributed by atoms with E-state index >= 15 is 0 Å². The van der Waals surface area contributed by atoms with Crippen LogP contribution in [0.3, 0.4) is 0 Å². The normalized spacial score (nSPS) is 16.0. The lowest BCUT2D eigenvalue weighted by atomic mass is 9.98. The number of hydrogen-bond acceptors (Lipinski definition) is 4. The molecule has 0 saturated heterocycles. The SMILES string of the molecule is Cc1cc2oc3c(c(=O)c2cc1Cl)[C@H](c1cccc(F)c1)N(CCCN(C)C)C3=O. The lowest BCUT2D eigenvalue weighted by molar-refractivity contribution is 0.0722. The maximum absolute atomic E-state index is 14.0. The van der Waals surface area contributed by atoms with Crippen molar-refractivity contribution in [1.29, 1.82) is 0 Å². The number of nitrogens with zero attached hydrogens (tertiary/aromatic N) is 2. The first kappa shape index (κ1) is 20.6. The lowest BCUT2D eigenvalue weighted by Gasteiger charge is -2.25. The van der Waals surface area contributed by atoms with E-state index in [9.17, 15) is 14.0 Å². The molecule has 156 valence electrons. The Kier molecular flexibility index (Phi) is 5.38. The van der Waals surface area contributed by atoms with Gasteiger partial charge in [-0.2, -0.15) is 0 Å². The van der Waals surface area contributed by atoms with Gasteiger partial charge in [-0.15, -0.1) is 0 Å². The predicted octanol–water partition coefficient (Wildman–Crippen LogP) is 4.39. The molecule has 2 aromatic carbocycles. The van der Waals surface area contributed by atoms with E-state index in [1.54, 1.807) is 36.1 Å². The summed E-state index contributed by atoms with van der Waals surface area (Å²) in [5, 5.41) is 0.762. The molecule has 7 heteroatoms. The van der Waals surface area contributed by atoms with Gasteiger partial charge in [-0.25, -0.2) is 4.39 Å². The van der Waals surface area contributed by atoms with Crippen LogP contribution in [0.15, 0.2) is 45.6 Å². The molecule has 0 unspecified atom stereocenters. The third-order valence-electron chi connectivity index (χ3n) is 5.42. The first-order valence-corrected chi connectivity index (χ1v) is 10.1. The van der Waals surface area contributed by atoms with Gasteiger partial charge < -0.3 is 14.2 Å². The minimum absolute atomic E-state index is 0.0216. The van der Waals surface area contributed by atoms with Crippen LogP contribution >= 0.6 is 11.6 Å². The molecule has 0 fully saturated rings. The van der Waals surface area contributed by atoms with Crippen LogP contribution in [0.25, 0.3) is 11.0 Å². The smallest absolute Gasteiger partial charge is 0.290 e. The van der Waals surface area contributed by atoms with Gasteiger partial charge in [-0.1, -0.05) is 23.7 Å². The first-order valence-electron chi connectivity index (χ1n) is 9.76. The fourth-order valence-electron chi connectivity index (χ4n) is 3.95. The standard InChI is InChI=1S/C23H22ClFN2O3/c1-13-10-18-16(12-17(13)24)21(28)19-20(14-6-4-7-15(25)11-14)27(9-5-8-26(2)3)23(29)22(19)30-18/h4,6-7,10-12,20H,5,8-9H2,1-3H3/t20-/m0/s1. The molecule has 1 aromatic heterocycles. The van der Waals surface area contributed by atoms with Crippen LogP contribution in [0, 0.1) is 12.7 Å². The Bertz CT molecular complexity index is 1210. The molecule has 1 amide bonds. The van der Waals surface area contributed by atoms with E-state index in [0.717, 1.165) is 12.1 Å². The molecule has 0 radical (unpaired) electrons. The van der Waals surface area contributed by atoms with Crippen LogP contribution in [0.1, 0.15) is 39.7 Å². The van der Waals surface area contributed by atoms with Crippen molar-refractivity contribution in [2.24, 2.45) is 0 Å². The van der Waals surface area contributed by atoms with Crippen molar-refractivity contribution < 1.29 is 13.6 Å². The van der Waals surface area contributed by atoms with E-state index in [1.165, 1.54) is 12.1 Å². The van der Waals surface area contributed by atoms with Gasteiger partial charge in [0.15, 0.2) is 5.43 Å². The Morgan fingerprint density at radius 3 is 2.67 bits per heavy atom. The number of halogens is 2. The maximum atomic E-state index is 14.0. The summed E-state index contributed by atoms with van der Waals surface area (Å²) in [6.07, 6.45) is 0.706. The van der Waals surface area contributed by atoms with Crippen molar-refractivity contribution in [3.63, 3.8) is 0 Å². The number of benzene rings is 2. The van der Waals surface area contributed by atoms with Crippen LogP contribution in [0.4, 0.5) is 4.39 Å². The van der Waals surface area contributed by atoms with Crippen LogP contribution in [0.5, 0.6) is 0 Å². The maximum Gasteiger partial charge on any atom is 0.290 e. The van der Waals surface area contributed by atoms with Crippen molar-refractivity contribution in [3.05, 3.63) is 79.9 Å². The molecule has 3 aromatic rings. The van der Waals surface area contributed by atoms with E-state index in [-0.39, 0.29) is 22.7 Å². The summed E-state index contributed by atoms with van der Waals surface area (Å²) >= 11 is 6.23. The second-order valence-electron chi connectivity index (χ2n) is 7.88. The largest absolute Gasteiger partial charge is 0.450 e. The zero-order chi connectivity index (χ0) is 21.6. The van der Waals surface area contributed by atoms with Gasteiger partial charge >= 0.3 is 0 Å². The molecule has 5 nitrogen and oxygen atoms in total. The number of rotatable bonds is 5. The Morgan fingerprint density at radius 2 is 1.97 bits per heavy atom. The Hall–Kier alpha value is -2.70. The summed E-state index contributed by atoms with van der Waals surface area (Å²) < 4.78 is 19.9. The van der Waals surface area contributed by atoms with Gasteiger partial charge in [0.05, 0.1) is 17.0 Å². The highest BCUT2D eigenvalue weighted by molar-refractivity contribution is 6.32. The molecular weight excluding hydrogens is 407 g/mol. The van der Waals surface area contributed by atoms with Crippen molar-refractivity contribution in [3.8, 4) is 0 Å². The lowest BCUT2D eigenvalue weighted by Crippen LogP contribution is -2.32. The van der Waals surface area contributed by atoms with Crippen LogP contribution in [0.2, 0.25) is 5.02 Å². The van der Waals surface area contributed by atoms with Crippen molar-refractivity contribution in [2.75, 3.05) is 27.2 Å². The average molecular weight is 429 g/mol. The molecule has 30 heavy (non-hydrogen) atoms. The van der Waals surface area contributed by atoms with Crippen LogP contribution in [-0.2, 0) is 0 Å². The van der Waals surface area contributed by atoms with E-state index in [4.69, 9.17) is 16.0 Å². The van der Waals surface area contributed by atoms with Gasteiger partial charge in [0.25, 0.3) is 5.91 Å². The number of carbonyl (C=O) groups excluding carboxylic acids is 1. The average Bonchev–Trinajstić information content (AvgIpc) is 2.96. The quantitative estimate of drug-likeness (QED) is 0.604. The summed E-state index contributed by atoms with van der Waals surface area (Å²) in [5.41, 5.74) is 1.54. The second kappa shape index (κ2) is 7.85. The molecule has 0 saturated carbocycles. The number of hydrogen-bond donors (Lipinski definition) is 0. The molecular formula is C23H22ClFN2O3. The van der Waals surface area contributed by atoms with Gasteiger partial charge in [-0.3, -0.25) is 9.59 Å². The molecule has 1 aliphatic heterocycles. The molecule has 0 N–H and O–H groups in total. The van der Waals surface area contributed by atoms with Crippen LogP contribution < -0.4 is 5.43 Å². The monoisotopic (exact) mass is 428 g/mol. The summed E-state index contributed by atoms with van der Waals surface area (Å²) in [6.45, 7) is 2.99. The molecule has 4 rings (SSSR count). The molecule has 2 heterocycles. The zero-order valence-electron chi connectivity index (χ0n) is 17.0. The van der Waals surface area contributed by atoms with E-state index < -0.39 is 11.9 Å². The van der Waals surface area contributed by atoms with E-state index in [2.05, 4.69) is 0 Å². The topological polar surface area (TPSA) is 53.8 Å². The molecule has 0 bridgehead atoms. The van der Waals surface area contributed by atoms with Crippen molar-refractivity contribution in [2.45, 2.75) is 19.4 Å². The van der Waals surface area contributed by atoms with Crippen molar-refractivity contribution in [1.82, 2.24) is 9.80 Å². The fraction of sp³-hybridized carbons (Fsp3) is 0.304. The van der Waals surface area contributed by atoms with E-state index in [0.29, 0.717) is 34.5 Å². The Labute approximate surface area is 178 Å². The zero-order valence-corrected chi connectivity index (χ0v) is 17.8. The van der Waals surface area contributed by atoms with Crippen molar-refractivity contribution >= 4 is 28.5 Å². The molecule has 0 spiro atoms. The molecule has 1 atom stereocenters. The second-order valence-corrected chi connectivity index (χ2v) is 8.29. The number of fused-ring (bicyclic) bond motifs is 2. The minimum atomic E-state index is -0.703. The third-order valence-corrected chi connectivity index (χ3v) is 5.82. The summed E-state index contributed by atoms with van der Waals surface area (Å²) in [6, 6.07) is 8.53. The Morgan fingerprint density at radius 1 is 1.20 bits per heavy atom. The highest BCUT2D eigenvalue weighted by Gasteiger charge is 2.42. The molecule has 1 aliphatic rings. The minimum Gasteiger partial charge on any atom is -0.450 e. The predicted molar refractivity (Wildman–Crippen MR) is 115 cm³/mol. The number of amides is 1. The van der Waals surface area contributed by atoms with Gasteiger partial charge in [0.1, 0.15) is 11.4 Å². The highest BCUT2D eigenvalue weighted by Crippen LogP contribution is 2.38. The fourth-order valence-corrected chi connectivity index (χ4v) is 4.12. The van der Waals surface area contributed by atoms with Gasteiger partial charge in [0, 0.05) is 11.6 Å². The highest BCUT2D eigenvalue weighted by atomic mass is 35.5. The first-order chi connectivity index (χ1) is 14.3. The van der Waals surface area contributed by atoms with Gasteiger partial charge in [-0.05, 0) is 69.4 Å². The number of carbonyl (C=O) groups is 1. The summed E-state index contributed by atoms with van der Waals surface area (Å²) in [7, 11) is 3.91. The van der Waals surface area contributed by atoms with Gasteiger partial charge in [0.2, 0.25) is 5.76 Å². The third kappa shape index (κ3) is 3.50. The Balaban J connectivity index is 1.91. The van der Waals surface area contributed by atoms with Crippen LogP contribution in [-0.4, -0.2) is 42.9 Å². The summed E-state index contributed by atoms with van der Waals surface area (Å²) in [4.78, 5) is 30.3. The molecule has 0 aliphatic carbocycles. The number of aryl methyl sites for hydroxylation is 1. The summed E-state index contributed by atoms with van der Waals surface area (Å²) in [5.74, 6) is -0.761. The van der Waals surface area contributed by atoms with E-state index in [1.807, 2.05) is 19.0 Å².